The predicted octanol–water partition coefficient (Wildman–Crippen LogP) is 0.905. The van der Waals surface area contributed by atoms with Crippen molar-refractivity contribution in [3.63, 3.8) is 0 Å². The van der Waals surface area contributed by atoms with Crippen molar-refractivity contribution in [3.05, 3.63) is 24.3 Å². The van der Waals surface area contributed by atoms with Crippen molar-refractivity contribution in [2.45, 2.75) is 24.7 Å². The molecule has 1 aromatic carbocycles. The number of likely N-dealkylation sites (tertiary alicyclic amines) is 1. The molecule has 27 heavy (non-hydrogen) atoms. The molecule has 0 saturated carbocycles. The third-order valence-corrected chi connectivity index (χ3v) is 6.95. The normalized spacial score (nSPS) is 19.7. The number of sulfonamides is 1. The molecule has 0 spiro atoms. The average molecular weight is 395 g/mol. The van der Waals surface area contributed by atoms with Gasteiger partial charge in [0.05, 0.1) is 18.1 Å². The first kappa shape index (κ1) is 19.8. The number of hydrogen-bond acceptors (Lipinski definition) is 5. The summed E-state index contributed by atoms with van der Waals surface area (Å²) in [5.74, 6) is -0.203. The topological polar surface area (TPSA) is 96.0 Å². The molecule has 0 unspecified atom stereocenters. The molecule has 0 aliphatic carbocycles. The smallest absolute Gasteiger partial charge is 0.243 e. The predicted molar refractivity (Wildman–Crippen MR) is 99.6 cm³/mol. The maximum Gasteiger partial charge on any atom is 0.243 e. The van der Waals surface area contributed by atoms with Crippen molar-refractivity contribution in [2.24, 2.45) is 5.92 Å². The molecule has 0 bridgehead atoms. The zero-order valence-electron chi connectivity index (χ0n) is 15.4. The number of morpholine rings is 1. The molecule has 2 aliphatic heterocycles. The molecule has 3 rings (SSSR count). The van der Waals surface area contributed by atoms with E-state index in [0.29, 0.717) is 57.9 Å². The van der Waals surface area contributed by atoms with Gasteiger partial charge in [-0.2, -0.15) is 4.31 Å². The van der Waals surface area contributed by atoms with Crippen molar-refractivity contribution in [2.75, 3.05) is 44.7 Å². The van der Waals surface area contributed by atoms with Crippen LogP contribution in [0.3, 0.4) is 0 Å². The fourth-order valence-electron chi connectivity index (χ4n) is 3.35. The highest BCUT2D eigenvalue weighted by Crippen LogP contribution is 2.22. The highest BCUT2D eigenvalue weighted by Gasteiger charge is 2.27. The lowest BCUT2D eigenvalue weighted by molar-refractivity contribution is -0.132. The van der Waals surface area contributed by atoms with Gasteiger partial charge in [0.2, 0.25) is 21.8 Å². The third-order valence-electron chi connectivity index (χ3n) is 5.04. The summed E-state index contributed by atoms with van der Waals surface area (Å²) in [7, 11) is -3.54. The Morgan fingerprint density at radius 2 is 1.63 bits per heavy atom. The van der Waals surface area contributed by atoms with Crippen molar-refractivity contribution in [1.29, 1.82) is 0 Å². The van der Waals surface area contributed by atoms with E-state index in [-0.39, 0.29) is 22.6 Å². The van der Waals surface area contributed by atoms with Crippen LogP contribution in [0.15, 0.2) is 29.2 Å². The van der Waals surface area contributed by atoms with E-state index in [1.54, 1.807) is 17.0 Å². The van der Waals surface area contributed by atoms with E-state index < -0.39 is 10.0 Å². The summed E-state index contributed by atoms with van der Waals surface area (Å²) in [6.45, 7) is 4.20. The summed E-state index contributed by atoms with van der Waals surface area (Å²) in [6, 6.07) is 6.24. The molecule has 2 fully saturated rings. The molecular formula is C18H25N3O5S. The van der Waals surface area contributed by atoms with E-state index in [1.807, 2.05) is 0 Å². The molecule has 148 valence electrons. The van der Waals surface area contributed by atoms with Gasteiger partial charge < -0.3 is 15.0 Å². The van der Waals surface area contributed by atoms with Gasteiger partial charge >= 0.3 is 0 Å². The van der Waals surface area contributed by atoms with Gasteiger partial charge in [0.1, 0.15) is 0 Å². The fourth-order valence-corrected chi connectivity index (χ4v) is 4.76. The van der Waals surface area contributed by atoms with Crippen LogP contribution in [-0.4, -0.2) is 68.8 Å². The minimum absolute atomic E-state index is 0.0333. The molecule has 2 amide bonds. The highest BCUT2D eigenvalue weighted by molar-refractivity contribution is 7.89. The van der Waals surface area contributed by atoms with Crippen LogP contribution < -0.4 is 5.32 Å². The Morgan fingerprint density at radius 1 is 1.04 bits per heavy atom. The van der Waals surface area contributed by atoms with E-state index in [1.165, 1.54) is 23.4 Å². The number of carbonyl (C=O) groups is 2. The Hall–Kier alpha value is -1.97. The van der Waals surface area contributed by atoms with Crippen LogP contribution in [-0.2, 0) is 24.3 Å². The van der Waals surface area contributed by atoms with Gasteiger partial charge in [-0.1, -0.05) is 0 Å². The van der Waals surface area contributed by atoms with Crippen LogP contribution in [0.2, 0.25) is 0 Å². The first-order chi connectivity index (χ1) is 12.9. The second kappa shape index (κ2) is 8.37. The number of carbonyl (C=O) groups excluding carboxylic acids is 2. The molecule has 2 saturated heterocycles. The van der Waals surface area contributed by atoms with Crippen LogP contribution in [0, 0.1) is 5.92 Å². The summed E-state index contributed by atoms with van der Waals surface area (Å²) >= 11 is 0. The summed E-state index contributed by atoms with van der Waals surface area (Å²) in [5, 5.41) is 2.84. The third kappa shape index (κ3) is 4.66. The van der Waals surface area contributed by atoms with Gasteiger partial charge in [-0.3, -0.25) is 9.59 Å². The minimum atomic E-state index is -3.54. The SMILES string of the molecule is CC(=O)N1CCC(C(=O)Nc2ccc(S(=O)(=O)N3CCOCC3)cc2)CC1. The number of rotatable bonds is 4. The Kier molecular flexibility index (Phi) is 6.13. The number of anilines is 1. The van der Waals surface area contributed by atoms with Crippen molar-refractivity contribution in [1.82, 2.24) is 9.21 Å². The zero-order valence-corrected chi connectivity index (χ0v) is 16.2. The second-order valence-corrected chi connectivity index (χ2v) is 8.75. The van der Waals surface area contributed by atoms with Gasteiger partial charge in [0.15, 0.2) is 0 Å². The van der Waals surface area contributed by atoms with Crippen LogP contribution in [0.25, 0.3) is 0 Å². The molecule has 1 N–H and O–H groups in total. The average Bonchev–Trinajstić information content (AvgIpc) is 2.69. The van der Waals surface area contributed by atoms with Crippen LogP contribution in [0.1, 0.15) is 19.8 Å². The number of nitrogens with zero attached hydrogens (tertiary/aromatic N) is 2. The second-order valence-electron chi connectivity index (χ2n) is 6.81. The Bertz CT molecular complexity index is 780. The Morgan fingerprint density at radius 3 is 2.19 bits per heavy atom. The maximum atomic E-state index is 12.6. The molecular weight excluding hydrogens is 370 g/mol. The maximum absolute atomic E-state index is 12.6. The monoisotopic (exact) mass is 395 g/mol. The Labute approximate surface area is 159 Å². The summed E-state index contributed by atoms with van der Waals surface area (Å²) in [4.78, 5) is 25.7. The van der Waals surface area contributed by atoms with Gasteiger partial charge in [0.25, 0.3) is 0 Å². The largest absolute Gasteiger partial charge is 0.379 e. The number of amides is 2. The molecule has 2 heterocycles. The van der Waals surface area contributed by atoms with E-state index >= 15 is 0 Å². The molecule has 0 aromatic heterocycles. The fraction of sp³-hybridized carbons (Fsp3) is 0.556. The quantitative estimate of drug-likeness (QED) is 0.817. The Balaban J connectivity index is 1.59. The molecule has 8 nitrogen and oxygen atoms in total. The van der Waals surface area contributed by atoms with E-state index in [0.717, 1.165) is 0 Å². The van der Waals surface area contributed by atoms with Gasteiger partial charge in [-0.05, 0) is 37.1 Å². The molecule has 0 atom stereocenters. The van der Waals surface area contributed by atoms with Crippen molar-refractivity contribution in [3.8, 4) is 0 Å². The van der Waals surface area contributed by atoms with Crippen LogP contribution in [0.5, 0.6) is 0 Å². The highest BCUT2D eigenvalue weighted by atomic mass is 32.2. The minimum Gasteiger partial charge on any atom is -0.379 e. The first-order valence-corrected chi connectivity index (χ1v) is 10.6. The summed E-state index contributed by atoms with van der Waals surface area (Å²) in [6.07, 6.45) is 1.27. The molecule has 2 aliphatic rings. The summed E-state index contributed by atoms with van der Waals surface area (Å²) in [5.41, 5.74) is 0.565. The molecule has 1 aromatic rings. The number of nitrogens with one attached hydrogen (secondary N) is 1. The lowest BCUT2D eigenvalue weighted by Gasteiger charge is -2.30. The number of ether oxygens (including phenoxy) is 1. The van der Waals surface area contributed by atoms with Crippen molar-refractivity contribution < 1.29 is 22.7 Å². The van der Waals surface area contributed by atoms with Crippen LogP contribution >= 0.6 is 0 Å². The van der Waals surface area contributed by atoms with E-state index in [9.17, 15) is 18.0 Å². The molecule has 9 heteroatoms. The van der Waals surface area contributed by atoms with Crippen molar-refractivity contribution >= 4 is 27.5 Å². The van der Waals surface area contributed by atoms with E-state index in [2.05, 4.69) is 5.32 Å². The van der Waals surface area contributed by atoms with Crippen LogP contribution in [0.4, 0.5) is 5.69 Å². The number of hydrogen-bond donors (Lipinski definition) is 1. The first-order valence-electron chi connectivity index (χ1n) is 9.12. The number of piperidine rings is 1. The zero-order chi connectivity index (χ0) is 19.4. The summed E-state index contributed by atoms with van der Waals surface area (Å²) < 4.78 is 31.8. The standard InChI is InChI=1S/C18H25N3O5S/c1-14(22)20-8-6-15(7-9-20)18(23)19-16-2-4-17(5-3-16)27(24,25)21-10-12-26-13-11-21/h2-5,15H,6-13H2,1H3,(H,19,23). The lowest BCUT2D eigenvalue weighted by Crippen LogP contribution is -2.40. The van der Waals surface area contributed by atoms with E-state index in [4.69, 9.17) is 4.74 Å². The molecule has 0 radical (unpaired) electrons. The lowest BCUT2D eigenvalue weighted by atomic mass is 9.96. The van der Waals surface area contributed by atoms with Gasteiger partial charge in [-0.25, -0.2) is 8.42 Å². The van der Waals surface area contributed by atoms with Gasteiger partial charge in [0, 0.05) is 44.7 Å². The number of benzene rings is 1. The van der Waals surface area contributed by atoms with Gasteiger partial charge in [-0.15, -0.1) is 0 Å².